The minimum absolute atomic E-state index is 0.183. The lowest BCUT2D eigenvalue weighted by molar-refractivity contribution is -0.274. The van der Waals surface area contributed by atoms with Crippen LogP contribution in [0.3, 0.4) is 0 Å². The van der Waals surface area contributed by atoms with E-state index in [9.17, 15) is 13.2 Å². The van der Waals surface area contributed by atoms with Gasteiger partial charge in [0, 0.05) is 25.7 Å². The van der Waals surface area contributed by atoms with Crippen molar-refractivity contribution in [2.45, 2.75) is 25.7 Å². The quantitative estimate of drug-likeness (QED) is 0.681. The van der Waals surface area contributed by atoms with E-state index in [-0.39, 0.29) is 5.75 Å². The van der Waals surface area contributed by atoms with E-state index in [1.807, 2.05) is 18.1 Å². The van der Waals surface area contributed by atoms with Gasteiger partial charge in [-0.05, 0) is 55.6 Å². The predicted molar refractivity (Wildman–Crippen MR) is 95.5 cm³/mol. The molecule has 26 heavy (non-hydrogen) atoms. The molecule has 0 aliphatic carbocycles. The van der Waals surface area contributed by atoms with Gasteiger partial charge in [0.05, 0.1) is 0 Å². The first-order valence-electron chi connectivity index (χ1n) is 8.66. The van der Waals surface area contributed by atoms with Crippen molar-refractivity contribution in [3.8, 4) is 5.75 Å². The van der Waals surface area contributed by atoms with Crippen molar-refractivity contribution in [3.05, 3.63) is 53.3 Å². The second-order valence-electron chi connectivity index (χ2n) is 6.82. The van der Waals surface area contributed by atoms with Crippen molar-refractivity contribution >= 4 is 11.6 Å². The molecule has 0 saturated carbocycles. The van der Waals surface area contributed by atoms with Crippen LogP contribution >= 0.6 is 11.6 Å². The molecular weight excluding hydrogens is 365 g/mol. The highest BCUT2D eigenvalue weighted by molar-refractivity contribution is 6.29. The number of likely N-dealkylation sites (tertiary alicyclic amines) is 1. The number of benzene rings is 1. The van der Waals surface area contributed by atoms with Gasteiger partial charge in [0.1, 0.15) is 10.9 Å². The van der Waals surface area contributed by atoms with Crippen molar-refractivity contribution in [2.24, 2.45) is 11.8 Å². The monoisotopic (exact) mass is 386 g/mol. The minimum atomic E-state index is -4.65. The lowest BCUT2D eigenvalue weighted by Crippen LogP contribution is -2.35. The fourth-order valence-electron chi connectivity index (χ4n) is 3.48. The molecule has 0 spiro atoms. The summed E-state index contributed by atoms with van der Waals surface area (Å²) in [5.74, 6) is 0.768. The number of hydrogen-bond acceptors (Lipinski definition) is 3. The second-order valence-corrected chi connectivity index (χ2v) is 7.21. The molecule has 2 aliphatic rings. The minimum Gasteiger partial charge on any atom is -0.406 e. The van der Waals surface area contributed by atoms with E-state index in [0.29, 0.717) is 11.8 Å². The summed E-state index contributed by atoms with van der Waals surface area (Å²) in [6.45, 7) is 2.67. The van der Waals surface area contributed by atoms with Crippen LogP contribution < -0.4 is 4.74 Å². The molecule has 1 unspecified atom stereocenters. The number of rotatable bonds is 4. The Hall–Kier alpha value is -1.66. The van der Waals surface area contributed by atoms with Crippen LogP contribution in [0.15, 0.2) is 47.8 Å². The van der Waals surface area contributed by atoms with E-state index in [4.69, 9.17) is 11.6 Å². The van der Waals surface area contributed by atoms with Crippen molar-refractivity contribution in [1.82, 2.24) is 9.80 Å². The number of ether oxygens (including phenoxy) is 1. The van der Waals surface area contributed by atoms with Gasteiger partial charge >= 0.3 is 6.36 Å². The SMILES string of the molecule is CN1C=CC(C2CCN(Cc3ccc(OC(F)(F)F)cc3)CC2)C=C1Cl. The number of nitrogens with zero attached hydrogens (tertiary/aromatic N) is 2. The molecule has 1 saturated heterocycles. The van der Waals surface area contributed by atoms with Crippen LogP contribution in [0.4, 0.5) is 13.2 Å². The van der Waals surface area contributed by atoms with Gasteiger partial charge in [-0.15, -0.1) is 13.2 Å². The number of hydrogen-bond donors (Lipinski definition) is 0. The molecule has 0 radical (unpaired) electrons. The number of alkyl halides is 3. The van der Waals surface area contributed by atoms with Gasteiger partial charge in [0.15, 0.2) is 0 Å². The molecule has 1 aromatic carbocycles. The average molecular weight is 387 g/mol. The molecule has 2 aliphatic heterocycles. The molecular formula is C19H22ClF3N2O. The van der Waals surface area contributed by atoms with Crippen LogP contribution in [0.25, 0.3) is 0 Å². The van der Waals surface area contributed by atoms with Gasteiger partial charge in [-0.2, -0.15) is 0 Å². The highest BCUT2D eigenvalue weighted by Crippen LogP contribution is 2.32. The second kappa shape index (κ2) is 7.92. The third-order valence-corrected chi connectivity index (χ3v) is 5.33. The van der Waals surface area contributed by atoms with Gasteiger partial charge in [-0.25, -0.2) is 0 Å². The van der Waals surface area contributed by atoms with Crippen molar-refractivity contribution < 1.29 is 17.9 Å². The average Bonchev–Trinajstić information content (AvgIpc) is 2.59. The van der Waals surface area contributed by atoms with Crippen molar-refractivity contribution in [3.63, 3.8) is 0 Å². The zero-order valence-corrected chi connectivity index (χ0v) is 15.3. The molecule has 0 bridgehead atoms. The Bertz CT molecular complexity index is 664. The van der Waals surface area contributed by atoms with Gasteiger partial charge in [-0.3, -0.25) is 4.90 Å². The van der Waals surface area contributed by atoms with Crippen LogP contribution in [0.5, 0.6) is 5.75 Å². The molecule has 3 nitrogen and oxygen atoms in total. The molecule has 1 aromatic rings. The summed E-state index contributed by atoms with van der Waals surface area (Å²) in [6.07, 6.45) is 3.84. The first-order chi connectivity index (χ1) is 12.3. The molecule has 3 rings (SSSR count). The summed E-state index contributed by atoms with van der Waals surface area (Å²) in [5, 5.41) is 0.765. The van der Waals surface area contributed by atoms with Crippen molar-refractivity contribution in [2.75, 3.05) is 20.1 Å². The summed E-state index contributed by atoms with van der Waals surface area (Å²) in [7, 11) is 1.93. The fourth-order valence-corrected chi connectivity index (χ4v) is 3.68. The third kappa shape index (κ3) is 5.17. The topological polar surface area (TPSA) is 15.7 Å². The highest BCUT2D eigenvalue weighted by Gasteiger charge is 2.31. The van der Waals surface area contributed by atoms with Crippen LogP contribution in [-0.4, -0.2) is 36.3 Å². The first-order valence-corrected chi connectivity index (χ1v) is 9.03. The molecule has 0 N–H and O–H groups in total. The smallest absolute Gasteiger partial charge is 0.406 e. The highest BCUT2D eigenvalue weighted by atomic mass is 35.5. The van der Waals surface area contributed by atoms with E-state index < -0.39 is 6.36 Å². The molecule has 0 amide bonds. The number of piperidine rings is 1. The molecule has 1 fully saturated rings. The van der Waals surface area contributed by atoms with Gasteiger partial charge in [0.25, 0.3) is 0 Å². The number of halogens is 4. The zero-order valence-electron chi connectivity index (χ0n) is 14.5. The van der Waals surface area contributed by atoms with Gasteiger partial charge in [-0.1, -0.05) is 29.8 Å². The van der Waals surface area contributed by atoms with Crippen LogP contribution in [0, 0.1) is 11.8 Å². The fraction of sp³-hybridized carbons (Fsp3) is 0.474. The largest absolute Gasteiger partial charge is 0.573 e. The predicted octanol–water partition coefficient (Wildman–Crippen LogP) is 4.95. The Balaban J connectivity index is 1.49. The van der Waals surface area contributed by atoms with E-state index in [0.717, 1.165) is 43.2 Å². The van der Waals surface area contributed by atoms with Crippen LogP contribution in [-0.2, 0) is 6.54 Å². The normalized spacial score (nSPS) is 22.4. The zero-order chi connectivity index (χ0) is 18.7. The lowest BCUT2D eigenvalue weighted by Gasteiger charge is -2.35. The van der Waals surface area contributed by atoms with E-state index in [2.05, 4.69) is 21.8 Å². The Morgan fingerprint density at radius 3 is 2.38 bits per heavy atom. The maximum atomic E-state index is 12.2. The lowest BCUT2D eigenvalue weighted by atomic mass is 9.83. The van der Waals surface area contributed by atoms with Crippen LogP contribution in [0.1, 0.15) is 18.4 Å². The summed E-state index contributed by atoms with van der Waals surface area (Å²) in [4.78, 5) is 4.24. The summed E-state index contributed by atoms with van der Waals surface area (Å²) in [5.41, 5.74) is 0.986. The van der Waals surface area contributed by atoms with Gasteiger partial charge in [0.2, 0.25) is 0 Å². The van der Waals surface area contributed by atoms with Crippen molar-refractivity contribution in [1.29, 1.82) is 0 Å². The molecule has 142 valence electrons. The number of allylic oxidation sites excluding steroid dienone is 2. The van der Waals surface area contributed by atoms with Crippen LogP contribution in [0.2, 0.25) is 0 Å². The summed E-state index contributed by atoms with van der Waals surface area (Å²) in [6, 6.07) is 6.11. The molecule has 2 heterocycles. The van der Waals surface area contributed by atoms with E-state index in [1.165, 1.54) is 12.1 Å². The maximum Gasteiger partial charge on any atom is 0.573 e. The molecule has 0 aromatic heterocycles. The summed E-state index contributed by atoms with van der Waals surface area (Å²) >= 11 is 6.21. The van der Waals surface area contributed by atoms with E-state index in [1.54, 1.807) is 12.1 Å². The Morgan fingerprint density at radius 1 is 1.15 bits per heavy atom. The Kier molecular flexibility index (Phi) is 5.82. The Labute approximate surface area is 156 Å². The van der Waals surface area contributed by atoms with E-state index >= 15 is 0 Å². The van der Waals surface area contributed by atoms with Gasteiger partial charge < -0.3 is 9.64 Å². The third-order valence-electron chi connectivity index (χ3n) is 4.94. The first kappa shape index (κ1) is 19.1. The Morgan fingerprint density at radius 2 is 1.81 bits per heavy atom. The standard InChI is InChI=1S/C19H22ClF3N2O/c1-24-9-6-16(12-18(24)20)15-7-10-25(11-8-15)13-14-2-4-17(5-3-14)26-19(21,22)23/h2-6,9,12,15-16H,7-8,10-11,13H2,1H3. The molecule has 1 atom stereocenters. The summed E-state index contributed by atoms with van der Waals surface area (Å²) < 4.78 is 40.5. The maximum absolute atomic E-state index is 12.2. The molecule has 7 heteroatoms.